The van der Waals surface area contributed by atoms with Crippen molar-refractivity contribution in [3.63, 3.8) is 0 Å². The highest BCUT2D eigenvalue weighted by Gasteiger charge is 2.54. The smallest absolute Gasteiger partial charge is 0.447 e. The average Bonchev–Trinajstić information content (AvgIpc) is 3.48. The number of nitrogens with zero attached hydrogens (tertiary/aromatic N) is 5. The van der Waals surface area contributed by atoms with Crippen LogP contribution in [0, 0.1) is 5.92 Å². The summed E-state index contributed by atoms with van der Waals surface area (Å²) in [5, 5.41) is 6.65. The van der Waals surface area contributed by atoms with Crippen molar-refractivity contribution in [1.29, 1.82) is 0 Å². The van der Waals surface area contributed by atoms with Crippen LogP contribution in [-0.2, 0) is 4.74 Å². The van der Waals surface area contributed by atoms with E-state index in [2.05, 4.69) is 30.2 Å². The Hall–Kier alpha value is -3.61. The van der Waals surface area contributed by atoms with E-state index in [1.54, 1.807) is 17.9 Å². The third-order valence-corrected chi connectivity index (χ3v) is 6.39. The molecule has 1 unspecified atom stereocenters. The van der Waals surface area contributed by atoms with Crippen LogP contribution in [0.5, 0.6) is 5.75 Å². The number of amides is 1. The first-order chi connectivity index (χ1) is 17.0. The largest absolute Gasteiger partial charge is 0.573 e. The predicted octanol–water partition coefficient (Wildman–Crippen LogP) is 5.38. The zero-order valence-electron chi connectivity index (χ0n) is 19.0. The van der Waals surface area contributed by atoms with Gasteiger partial charge in [0.2, 0.25) is 17.7 Å². The molecule has 0 bridgehead atoms. The minimum absolute atomic E-state index is 0.0389. The summed E-state index contributed by atoms with van der Waals surface area (Å²) in [7, 11) is 0. The van der Waals surface area contributed by atoms with Crippen molar-refractivity contribution in [2.75, 3.05) is 16.8 Å². The topological polar surface area (TPSA) is 116 Å². The molecule has 1 aliphatic heterocycles. The molecular formula is C22H20ClF3N6O4. The zero-order valence-corrected chi connectivity index (χ0v) is 19.8. The second-order valence-electron chi connectivity index (χ2n) is 8.78. The number of alkyl halides is 3. The van der Waals surface area contributed by atoms with Crippen molar-refractivity contribution >= 4 is 29.5 Å². The molecule has 3 heterocycles. The summed E-state index contributed by atoms with van der Waals surface area (Å²) in [6.45, 7) is 3.99. The van der Waals surface area contributed by atoms with Crippen LogP contribution in [0.1, 0.15) is 38.6 Å². The third-order valence-electron chi connectivity index (χ3n) is 6.08. The van der Waals surface area contributed by atoms with Crippen molar-refractivity contribution in [2.24, 2.45) is 5.92 Å². The Morgan fingerprint density at radius 2 is 2.06 bits per heavy atom. The summed E-state index contributed by atoms with van der Waals surface area (Å²) in [6, 6.07) is 4.82. The fourth-order valence-corrected chi connectivity index (χ4v) is 4.23. The first kappa shape index (κ1) is 24.1. The molecule has 2 fully saturated rings. The first-order valence-corrected chi connectivity index (χ1v) is 11.4. The number of rotatable bonds is 7. The molecule has 1 aliphatic carbocycles. The van der Waals surface area contributed by atoms with Crippen molar-refractivity contribution in [3.8, 4) is 17.1 Å². The minimum atomic E-state index is -4.90. The summed E-state index contributed by atoms with van der Waals surface area (Å²) in [5.41, 5.74) is -0.255. The molecule has 190 valence electrons. The van der Waals surface area contributed by atoms with Gasteiger partial charge in [-0.25, -0.2) is 9.78 Å². The number of hydrogen-bond acceptors (Lipinski definition) is 9. The Morgan fingerprint density at radius 3 is 2.78 bits per heavy atom. The number of halogens is 4. The van der Waals surface area contributed by atoms with E-state index in [4.69, 9.17) is 20.9 Å². The average molecular weight is 525 g/mol. The van der Waals surface area contributed by atoms with Crippen LogP contribution < -0.4 is 15.0 Å². The number of nitrogens with one attached hydrogen (secondary N) is 1. The fraction of sp³-hybridized carbons (Fsp3) is 0.409. The molecule has 5 rings (SSSR count). The van der Waals surface area contributed by atoms with Crippen molar-refractivity contribution < 1.29 is 32.0 Å². The summed E-state index contributed by atoms with van der Waals surface area (Å²) >= 11 is 5.80. The van der Waals surface area contributed by atoms with Gasteiger partial charge in [-0.05, 0) is 56.9 Å². The Labute approximate surface area is 207 Å². The van der Waals surface area contributed by atoms with Gasteiger partial charge in [0.1, 0.15) is 24.2 Å². The molecule has 0 radical (unpaired) electrons. The molecule has 10 nitrogen and oxygen atoms in total. The lowest BCUT2D eigenvalue weighted by Crippen LogP contribution is -2.47. The Morgan fingerprint density at radius 1 is 1.28 bits per heavy atom. The number of aromatic nitrogens is 4. The Bertz CT molecular complexity index is 1300. The lowest BCUT2D eigenvalue weighted by molar-refractivity contribution is -0.274. The monoisotopic (exact) mass is 524 g/mol. The summed E-state index contributed by atoms with van der Waals surface area (Å²) in [5.74, 6) is 0.558. The van der Waals surface area contributed by atoms with Crippen LogP contribution in [0.25, 0.3) is 11.4 Å². The van der Waals surface area contributed by atoms with Crippen LogP contribution in [0.3, 0.4) is 0 Å². The molecule has 0 spiro atoms. The van der Waals surface area contributed by atoms with E-state index in [-0.39, 0.29) is 28.2 Å². The van der Waals surface area contributed by atoms with Crippen LogP contribution >= 0.6 is 11.6 Å². The van der Waals surface area contributed by atoms with Gasteiger partial charge >= 0.3 is 12.5 Å². The summed E-state index contributed by atoms with van der Waals surface area (Å²) in [6.07, 6.45) is -1.80. The molecule has 1 saturated carbocycles. The number of carbonyl (C=O) groups excluding carboxylic acids is 1. The van der Waals surface area contributed by atoms with Gasteiger partial charge in [0.25, 0.3) is 0 Å². The van der Waals surface area contributed by atoms with Crippen LogP contribution in [0.2, 0.25) is 5.02 Å². The number of benzene rings is 1. The van der Waals surface area contributed by atoms with Gasteiger partial charge in [0, 0.05) is 11.8 Å². The maximum Gasteiger partial charge on any atom is 0.573 e. The maximum absolute atomic E-state index is 12.6. The molecular weight excluding hydrogens is 505 g/mol. The van der Waals surface area contributed by atoms with Gasteiger partial charge in [-0.2, -0.15) is 9.97 Å². The van der Waals surface area contributed by atoms with Gasteiger partial charge in [-0.3, -0.25) is 4.90 Å². The summed E-state index contributed by atoms with van der Waals surface area (Å²) in [4.78, 5) is 26.9. The highest BCUT2D eigenvalue weighted by molar-refractivity contribution is 6.32. The van der Waals surface area contributed by atoms with E-state index in [9.17, 15) is 18.0 Å². The Balaban J connectivity index is 1.33. The van der Waals surface area contributed by atoms with Gasteiger partial charge in [-0.15, -0.1) is 13.2 Å². The quantitative estimate of drug-likeness (QED) is 0.435. The molecule has 2 aromatic heterocycles. The van der Waals surface area contributed by atoms with E-state index in [1.807, 2.05) is 6.92 Å². The highest BCUT2D eigenvalue weighted by atomic mass is 35.5. The standard InChI is InChI=1S/C22H20ClF3N6O4/c1-11(18-30-17(31-36-18)12-3-6-14(23)15(9-12)35-22(24,25)26)28-19-27-8-7-16(29-19)32-20(33)34-10-21(32,2)13-4-5-13/h3,6-9,11,13H,4-5,10H2,1-2H3,(H,27,28,29)/t11?,21-/m0/s1. The molecule has 2 atom stereocenters. The lowest BCUT2D eigenvalue weighted by Gasteiger charge is -2.31. The van der Waals surface area contributed by atoms with E-state index in [0.717, 1.165) is 18.9 Å². The third kappa shape index (κ3) is 4.74. The number of hydrogen-bond donors (Lipinski definition) is 1. The number of anilines is 2. The molecule has 1 amide bonds. The summed E-state index contributed by atoms with van der Waals surface area (Å²) < 4.78 is 52.4. The Kier molecular flexibility index (Phi) is 5.89. The number of ether oxygens (including phenoxy) is 2. The minimum Gasteiger partial charge on any atom is -0.447 e. The van der Waals surface area contributed by atoms with Crippen LogP contribution in [0.15, 0.2) is 35.0 Å². The normalized spacial score (nSPS) is 20.8. The lowest BCUT2D eigenvalue weighted by atomic mass is 9.96. The van der Waals surface area contributed by atoms with Crippen molar-refractivity contribution in [3.05, 3.63) is 41.4 Å². The van der Waals surface area contributed by atoms with Gasteiger partial charge in [0.05, 0.1) is 10.6 Å². The van der Waals surface area contributed by atoms with E-state index < -0.39 is 29.8 Å². The predicted molar refractivity (Wildman–Crippen MR) is 120 cm³/mol. The molecule has 1 N–H and O–H groups in total. The SMILES string of the molecule is CC(Nc1nccc(N2C(=O)OC[C@@]2(C)C2CC2)n1)c1nc(-c2ccc(Cl)c(OC(F)(F)F)c2)no1. The van der Waals surface area contributed by atoms with Gasteiger partial charge < -0.3 is 19.3 Å². The molecule has 2 aliphatic rings. The van der Waals surface area contributed by atoms with Crippen LogP contribution in [-0.4, -0.2) is 44.7 Å². The van der Waals surface area contributed by atoms with Crippen molar-refractivity contribution in [1.82, 2.24) is 20.1 Å². The van der Waals surface area contributed by atoms with Gasteiger partial charge in [0.15, 0.2) is 0 Å². The number of carbonyl (C=O) groups is 1. The van der Waals surface area contributed by atoms with E-state index >= 15 is 0 Å². The number of cyclic esters (lactones) is 1. The first-order valence-electron chi connectivity index (χ1n) is 11.0. The fourth-order valence-electron chi connectivity index (χ4n) is 4.08. The van der Waals surface area contributed by atoms with Crippen molar-refractivity contribution in [2.45, 2.75) is 44.6 Å². The molecule has 3 aromatic rings. The molecule has 1 saturated heterocycles. The zero-order chi connectivity index (χ0) is 25.7. The molecule has 36 heavy (non-hydrogen) atoms. The van der Waals surface area contributed by atoms with Crippen LogP contribution in [0.4, 0.5) is 29.7 Å². The second kappa shape index (κ2) is 8.80. The maximum atomic E-state index is 12.6. The van der Waals surface area contributed by atoms with E-state index in [1.165, 1.54) is 18.3 Å². The highest BCUT2D eigenvalue weighted by Crippen LogP contribution is 2.47. The molecule has 1 aromatic carbocycles. The van der Waals surface area contributed by atoms with E-state index in [0.29, 0.717) is 18.3 Å². The second-order valence-corrected chi connectivity index (χ2v) is 9.18. The molecule has 14 heteroatoms. The van der Waals surface area contributed by atoms with Gasteiger partial charge in [-0.1, -0.05) is 16.8 Å².